The first-order valence-corrected chi connectivity index (χ1v) is 7.34. The van der Waals surface area contributed by atoms with E-state index in [2.05, 4.69) is 25.1 Å². The molecular formula is C18H20N2O. The van der Waals surface area contributed by atoms with Crippen LogP contribution >= 0.6 is 0 Å². The topological polar surface area (TPSA) is 46.3 Å². The normalized spacial score (nSPS) is 17.4. The fourth-order valence-electron chi connectivity index (χ4n) is 2.92. The molecule has 1 heterocycles. The predicted molar refractivity (Wildman–Crippen MR) is 84.7 cm³/mol. The Bertz CT molecular complexity index is 649. The zero-order chi connectivity index (χ0) is 14.8. The second-order valence-corrected chi connectivity index (χ2v) is 5.76. The second kappa shape index (κ2) is 5.60. The summed E-state index contributed by atoms with van der Waals surface area (Å²) in [5, 5.41) is 0. The lowest BCUT2D eigenvalue weighted by Gasteiger charge is -2.35. The molecule has 108 valence electrons. The second-order valence-electron chi connectivity index (χ2n) is 5.76. The van der Waals surface area contributed by atoms with Gasteiger partial charge in [0, 0.05) is 18.3 Å². The molecule has 3 heteroatoms. The van der Waals surface area contributed by atoms with Gasteiger partial charge in [0.05, 0.1) is 6.42 Å². The molecule has 0 fully saturated rings. The van der Waals surface area contributed by atoms with E-state index < -0.39 is 0 Å². The Morgan fingerprint density at radius 2 is 1.81 bits per heavy atom. The number of anilines is 1. The monoisotopic (exact) mass is 280 g/mol. The third-order valence-corrected chi connectivity index (χ3v) is 4.16. The van der Waals surface area contributed by atoms with Crippen LogP contribution in [-0.2, 0) is 24.2 Å². The molecule has 1 aliphatic heterocycles. The van der Waals surface area contributed by atoms with Gasteiger partial charge in [-0.15, -0.1) is 0 Å². The van der Waals surface area contributed by atoms with Crippen LogP contribution in [0.2, 0.25) is 0 Å². The minimum absolute atomic E-state index is 0.182. The van der Waals surface area contributed by atoms with E-state index in [0.29, 0.717) is 13.0 Å². The summed E-state index contributed by atoms with van der Waals surface area (Å²) in [6, 6.07) is 16.2. The summed E-state index contributed by atoms with van der Waals surface area (Å²) in [6.45, 7) is 2.84. The number of hydrogen-bond acceptors (Lipinski definition) is 2. The summed E-state index contributed by atoms with van der Waals surface area (Å²) < 4.78 is 0. The third kappa shape index (κ3) is 2.92. The van der Waals surface area contributed by atoms with Crippen molar-refractivity contribution in [2.75, 3.05) is 5.73 Å². The summed E-state index contributed by atoms with van der Waals surface area (Å²) in [6.07, 6.45) is 1.37. The molecule has 1 atom stereocenters. The predicted octanol–water partition coefficient (Wildman–Crippen LogP) is 2.78. The zero-order valence-electron chi connectivity index (χ0n) is 12.3. The number of benzene rings is 2. The van der Waals surface area contributed by atoms with Crippen LogP contribution in [0.1, 0.15) is 23.6 Å². The summed E-state index contributed by atoms with van der Waals surface area (Å²) in [7, 11) is 0. The molecular weight excluding hydrogens is 260 g/mol. The van der Waals surface area contributed by atoms with Gasteiger partial charge >= 0.3 is 0 Å². The zero-order valence-corrected chi connectivity index (χ0v) is 12.3. The SMILES string of the molecule is C[C@H]1Cc2ccccc2CN1C(=O)Cc1ccc(N)cc1. The van der Waals surface area contributed by atoms with E-state index in [4.69, 9.17) is 5.73 Å². The van der Waals surface area contributed by atoms with Crippen LogP contribution in [0.15, 0.2) is 48.5 Å². The highest BCUT2D eigenvalue weighted by Gasteiger charge is 2.26. The Morgan fingerprint density at radius 1 is 1.14 bits per heavy atom. The lowest BCUT2D eigenvalue weighted by molar-refractivity contribution is -0.133. The molecule has 0 unspecified atom stereocenters. The standard InChI is InChI=1S/C18H20N2O/c1-13-10-15-4-2-3-5-16(15)12-20(13)18(21)11-14-6-8-17(19)9-7-14/h2-9,13H,10-12,19H2,1H3/t13-/m0/s1. The van der Waals surface area contributed by atoms with Crippen molar-refractivity contribution in [2.45, 2.75) is 32.4 Å². The average Bonchev–Trinajstić information content (AvgIpc) is 2.49. The summed E-state index contributed by atoms with van der Waals surface area (Å²) in [5.74, 6) is 0.182. The molecule has 2 aromatic carbocycles. The highest BCUT2D eigenvalue weighted by molar-refractivity contribution is 5.79. The van der Waals surface area contributed by atoms with Crippen molar-refractivity contribution < 1.29 is 4.79 Å². The molecule has 0 aliphatic carbocycles. The maximum atomic E-state index is 12.6. The van der Waals surface area contributed by atoms with E-state index >= 15 is 0 Å². The van der Waals surface area contributed by atoms with Gasteiger partial charge in [0.25, 0.3) is 0 Å². The Kier molecular flexibility index (Phi) is 3.65. The molecule has 2 aromatic rings. The number of nitrogen functional groups attached to an aromatic ring is 1. The lowest BCUT2D eigenvalue weighted by atomic mass is 9.94. The highest BCUT2D eigenvalue weighted by Crippen LogP contribution is 2.23. The van der Waals surface area contributed by atoms with E-state index in [9.17, 15) is 4.79 Å². The van der Waals surface area contributed by atoms with E-state index in [0.717, 1.165) is 17.7 Å². The van der Waals surface area contributed by atoms with Crippen LogP contribution in [0.25, 0.3) is 0 Å². The number of carbonyl (C=O) groups excluding carboxylic acids is 1. The smallest absolute Gasteiger partial charge is 0.227 e. The number of rotatable bonds is 2. The fraction of sp³-hybridized carbons (Fsp3) is 0.278. The minimum atomic E-state index is 0.182. The van der Waals surface area contributed by atoms with Crippen molar-refractivity contribution in [1.29, 1.82) is 0 Å². The highest BCUT2D eigenvalue weighted by atomic mass is 16.2. The van der Waals surface area contributed by atoms with E-state index in [1.807, 2.05) is 35.2 Å². The molecule has 0 bridgehead atoms. The Balaban J connectivity index is 1.74. The van der Waals surface area contributed by atoms with Crippen molar-refractivity contribution in [3.63, 3.8) is 0 Å². The Morgan fingerprint density at radius 3 is 2.52 bits per heavy atom. The first-order chi connectivity index (χ1) is 10.1. The van der Waals surface area contributed by atoms with Crippen molar-refractivity contribution in [3.05, 3.63) is 65.2 Å². The number of nitrogens with zero attached hydrogens (tertiary/aromatic N) is 1. The van der Waals surface area contributed by atoms with E-state index in [-0.39, 0.29) is 11.9 Å². The number of fused-ring (bicyclic) bond motifs is 1. The number of nitrogens with two attached hydrogens (primary N) is 1. The van der Waals surface area contributed by atoms with Gasteiger partial charge < -0.3 is 10.6 Å². The quantitative estimate of drug-likeness (QED) is 0.860. The molecule has 0 spiro atoms. The molecule has 21 heavy (non-hydrogen) atoms. The van der Waals surface area contributed by atoms with Crippen LogP contribution < -0.4 is 5.73 Å². The van der Waals surface area contributed by atoms with Gasteiger partial charge in [-0.25, -0.2) is 0 Å². The molecule has 3 rings (SSSR count). The van der Waals surface area contributed by atoms with Gasteiger partial charge in [0.2, 0.25) is 5.91 Å². The number of hydrogen-bond donors (Lipinski definition) is 1. The number of carbonyl (C=O) groups is 1. The first-order valence-electron chi connectivity index (χ1n) is 7.34. The lowest BCUT2D eigenvalue weighted by Crippen LogP contribution is -2.43. The van der Waals surface area contributed by atoms with Crippen molar-refractivity contribution >= 4 is 11.6 Å². The van der Waals surface area contributed by atoms with E-state index in [1.165, 1.54) is 11.1 Å². The maximum absolute atomic E-state index is 12.6. The van der Waals surface area contributed by atoms with Gasteiger partial charge in [0.1, 0.15) is 0 Å². The number of amides is 1. The summed E-state index contributed by atoms with van der Waals surface area (Å²) >= 11 is 0. The van der Waals surface area contributed by atoms with E-state index in [1.54, 1.807) is 0 Å². The largest absolute Gasteiger partial charge is 0.399 e. The van der Waals surface area contributed by atoms with Crippen molar-refractivity contribution in [3.8, 4) is 0 Å². The molecule has 1 amide bonds. The molecule has 0 radical (unpaired) electrons. The minimum Gasteiger partial charge on any atom is -0.399 e. The maximum Gasteiger partial charge on any atom is 0.227 e. The van der Waals surface area contributed by atoms with Gasteiger partial charge in [-0.05, 0) is 42.2 Å². The van der Waals surface area contributed by atoms with Gasteiger partial charge in [0.15, 0.2) is 0 Å². The summed E-state index contributed by atoms with van der Waals surface area (Å²) in [5.41, 5.74) is 10.1. The fourth-order valence-corrected chi connectivity index (χ4v) is 2.92. The average molecular weight is 280 g/mol. The van der Waals surface area contributed by atoms with Crippen molar-refractivity contribution in [2.24, 2.45) is 0 Å². The summed E-state index contributed by atoms with van der Waals surface area (Å²) in [4.78, 5) is 14.6. The van der Waals surface area contributed by atoms with Crippen LogP contribution in [0.3, 0.4) is 0 Å². The van der Waals surface area contributed by atoms with Crippen LogP contribution in [0.5, 0.6) is 0 Å². The van der Waals surface area contributed by atoms with Gasteiger partial charge in [-0.2, -0.15) is 0 Å². The third-order valence-electron chi connectivity index (χ3n) is 4.16. The van der Waals surface area contributed by atoms with Gasteiger partial charge in [-0.1, -0.05) is 36.4 Å². The molecule has 1 aliphatic rings. The molecule has 2 N–H and O–H groups in total. The van der Waals surface area contributed by atoms with Crippen molar-refractivity contribution in [1.82, 2.24) is 4.90 Å². The van der Waals surface area contributed by atoms with Crippen LogP contribution in [-0.4, -0.2) is 16.8 Å². The molecule has 3 nitrogen and oxygen atoms in total. The first kappa shape index (κ1) is 13.7. The molecule has 0 aromatic heterocycles. The molecule has 0 saturated heterocycles. The Hall–Kier alpha value is -2.29. The van der Waals surface area contributed by atoms with Gasteiger partial charge in [-0.3, -0.25) is 4.79 Å². The van der Waals surface area contributed by atoms with Crippen LogP contribution in [0, 0.1) is 0 Å². The van der Waals surface area contributed by atoms with Crippen LogP contribution in [0.4, 0.5) is 5.69 Å². The Labute approximate surface area is 125 Å². The molecule has 0 saturated carbocycles.